The van der Waals surface area contributed by atoms with E-state index < -0.39 is 0 Å². The molecular formula is C8H14O3. The van der Waals surface area contributed by atoms with Gasteiger partial charge in [-0.15, -0.1) is 0 Å². The van der Waals surface area contributed by atoms with Crippen LogP contribution in [0.3, 0.4) is 0 Å². The smallest absolute Gasteiger partial charge is 0.157 e. The van der Waals surface area contributed by atoms with Crippen LogP contribution in [0, 0.1) is 0 Å². The Morgan fingerprint density at radius 2 is 2.55 bits per heavy atom. The van der Waals surface area contributed by atoms with Crippen LogP contribution in [-0.4, -0.2) is 25.3 Å². The van der Waals surface area contributed by atoms with E-state index in [9.17, 15) is 4.79 Å². The fraction of sp³-hybridized carbons (Fsp3) is 0.875. The van der Waals surface area contributed by atoms with Crippen molar-refractivity contribution in [1.29, 1.82) is 0 Å². The second-order valence-corrected chi connectivity index (χ2v) is 2.77. The van der Waals surface area contributed by atoms with Crippen LogP contribution in [-0.2, 0) is 14.3 Å². The quantitative estimate of drug-likeness (QED) is 0.615. The summed E-state index contributed by atoms with van der Waals surface area (Å²) in [5.74, 6) is 0.169. The van der Waals surface area contributed by atoms with Crippen molar-refractivity contribution in [3.8, 4) is 0 Å². The van der Waals surface area contributed by atoms with Crippen LogP contribution in [0.2, 0.25) is 0 Å². The van der Waals surface area contributed by atoms with Gasteiger partial charge >= 0.3 is 0 Å². The van der Waals surface area contributed by atoms with E-state index in [1.54, 1.807) is 6.92 Å². The summed E-state index contributed by atoms with van der Waals surface area (Å²) in [5, 5.41) is 0. The number of hydrogen-bond donors (Lipinski definition) is 0. The highest BCUT2D eigenvalue weighted by Crippen LogP contribution is 2.12. The van der Waals surface area contributed by atoms with Crippen molar-refractivity contribution in [2.24, 2.45) is 0 Å². The average Bonchev–Trinajstić information content (AvgIpc) is 2.39. The van der Waals surface area contributed by atoms with E-state index in [1.807, 2.05) is 0 Å². The van der Waals surface area contributed by atoms with E-state index in [4.69, 9.17) is 9.47 Å². The number of carbonyl (C=O) groups is 1. The SMILES string of the molecule is CC(=O)CCOC1CCCO1. The van der Waals surface area contributed by atoms with Crippen molar-refractivity contribution >= 4 is 5.78 Å². The molecule has 1 rings (SSSR count). The Labute approximate surface area is 66.7 Å². The largest absolute Gasteiger partial charge is 0.353 e. The molecule has 0 bridgehead atoms. The number of carbonyl (C=O) groups excluding carboxylic acids is 1. The molecule has 1 aliphatic heterocycles. The molecule has 1 aliphatic rings. The van der Waals surface area contributed by atoms with Crippen LogP contribution < -0.4 is 0 Å². The van der Waals surface area contributed by atoms with Gasteiger partial charge in [-0.2, -0.15) is 0 Å². The second-order valence-electron chi connectivity index (χ2n) is 2.77. The summed E-state index contributed by atoms with van der Waals surface area (Å²) < 4.78 is 10.5. The summed E-state index contributed by atoms with van der Waals surface area (Å²) in [7, 11) is 0. The Morgan fingerprint density at radius 1 is 1.73 bits per heavy atom. The fourth-order valence-electron chi connectivity index (χ4n) is 1.01. The van der Waals surface area contributed by atoms with Crippen LogP contribution in [0.5, 0.6) is 0 Å². The minimum atomic E-state index is -0.0469. The molecule has 3 nitrogen and oxygen atoms in total. The highest BCUT2D eigenvalue weighted by atomic mass is 16.7. The Kier molecular flexibility index (Phi) is 3.52. The van der Waals surface area contributed by atoms with Gasteiger partial charge in [-0.05, 0) is 13.3 Å². The topological polar surface area (TPSA) is 35.5 Å². The van der Waals surface area contributed by atoms with E-state index in [0.717, 1.165) is 19.4 Å². The van der Waals surface area contributed by atoms with Gasteiger partial charge < -0.3 is 9.47 Å². The molecule has 0 amide bonds. The lowest BCUT2D eigenvalue weighted by Crippen LogP contribution is -2.12. The van der Waals surface area contributed by atoms with Gasteiger partial charge in [0.05, 0.1) is 6.61 Å². The first-order valence-electron chi connectivity index (χ1n) is 4.01. The molecule has 11 heavy (non-hydrogen) atoms. The van der Waals surface area contributed by atoms with Crippen LogP contribution in [0.15, 0.2) is 0 Å². The maximum atomic E-state index is 10.5. The number of hydrogen-bond acceptors (Lipinski definition) is 3. The van der Waals surface area contributed by atoms with Gasteiger partial charge in [0.1, 0.15) is 5.78 Å². The first-order valence-corrected chi connectivity index (χ1v) is 4.01. The minimum Gasteiger partial charge on any atom is -0.353 e. The van der Waals surface area contributed by atoms with Crippen LogP contribution in [0.1, 0.15) is 26.2 Å². The highest BCUT2D eigenvalue weighted by molar-refractivity contribution is 5.75. The number of rotatable bonds is 4. The molecular weight excluding hydrogens is 144 g/mol. The molecule has 0 radical (unpaired) electrons. The van der Waals surface area contributed by atoms with E-state index >= 15 is 0 Å². The standard InChI is InChI=1S/C8H14O3/c1-7(9)4-6-11-8-3-2-5-10-8/h8H,2-6H2,1H3. The monoisotopic (exact) mass is 158 g/mol. The molecule has 1 unspecified atom stereocenters. The molecule has 1 heterocycles. The lowest BCUT2D eigenvalue weighted by atomic mass is 10.3. The second kappa shape index (κ2) is 4.46. The molecule has 0 aromatic carbocycles. The van der Waals surface area contributed by atoms with E-state index in [1.165, 1.54) is 0 Å². The van der Waals surface area contributed by atoms with Gasteiger partial charge in [0.2, 0.25) is 0 Å². The first-order chi connectivity index (χ1) is 5.29. The lowest BCUT2D eigenvalue weighted by Gasteiger charge is -2.08. The number of Topliss-reactive ketones (excluding diaryl/α,β-unsaturated/α-hetero) is 1. The molecule has 0 saturated carbocycles. The zero-order chi connectivity index (χ0) is 8.10. The molecule has 0 aliphatic carbocycles. The van der Waals surface area contributed by atoms with Crippen molar-refractivity contribution in [3.63, 3.8) is 0 Å². The van der Waals surface area contributed by atoms with Gasteiger partial charge in [-0.1, -0.05) is 0 Å². The first kappa shape index (κ1) is 8.68. The number of ether oxygens (including phenoxy) is 2. The summed E-state index contributed by atoms with van der Waals surface area (Å²) in [6, 6.07) is 0. The van der Waals surface area contributed by atoms with Gasteiger partial charge in [0.15, 0.2) is 6.29 Å². The molecule has 0 spiro atoms. The Hall–Kier alpha value is -0.410. The van der Waals surface area contributed by atoms with E-state index in [0.29, 0.717) is 13.0 Å². The molecule has 0 N–H and O–H groups in total. The third-order valence-corrected chi connectivity index (χ3v) is 1.65. The molecule has 1 saturated heterocycles. The minimum absolute atomic E-state index is 0.0469. The third kappa shape index (κ3) is 3.49. The Balaban J connectivity index is 1.98. The predicted octanol–water partition coefficient (Wildman–Crippen LogP) is 1.12. The predicted molar refractivity (Wildman–Crippen MR) is 40.2 cm³/mol. The zero-order valence-corrected chi connectivity index (χ0v) is 6.84. The van der Waals surface area contributed by atoms with Crippen molar-refractivity contribution in [2.45, 2.75) is 32.5 Å². The van der Waals surface area contributed by atoms with E-state index in [2.05, 4.69) is 0 Å². The van der Waals surface area contributed by atoms with Gasteiger partial charge in [-0.25, -0.2) is 0 Å². The van der Waals surface area contributed by atoms with Crippen molar-refractivity contribution in [3.05, 3.63) is 0 Å². The molecule has 0 aromatic rings. The third-order valence-electron chi connectivity index (χ3n) is 1.65. The molecule has 64 valence electrons. The normalized spacial score (nSPS) is 23.9. The summed E-state index contributed by atoms with van der Waals surface area (Å²) in [4.78, 5) is 10.5. The fourth-order valence-corrected chi connectivity index (χ4v) is 1.01. The maximum Gasteiger partial charge on any atom is 0.157 e. The molecule has 1 fully saturated rings. The van der Waals surface area contributed by atoms with Gasteiger partial charge in [0.25, 0.3) is 0 Å². The average molecular weight is 158 g/mol. The zero-order valence-electron chi connectivity index (χ0n) is 6.84. The molecule has 0 aromatic heterocycles. The van der Waals surface area contributed by atoms with Crippen molar-refractivity contribution in [1.82, 2.24) is 0 Å². The highest BCUT2D eigenvalue weighted by Gasteiger charge is 2.15. The summed E-state index contributed by atoms with van der Waals surface area (Å²) >= 11 is 0. The Morgan fingerprint density at radius 3 is 3.09 bits per heavy atom. The lowest BCUT2D eigenvalue weighted by molar-refractivity contribution is -0.127. The van der Waals surface area contributed by atoms with E-state index in [-0.39, 0.29) is 12.1 Å². The van der Waals surface area contributed by atoms with Crippen molar-refractivity contribution < 1.29 is 14.3 Å². The van der Waals surface area contributed by atoms with Crippen molar-refractivity contribution in [2.75, 3.05) is 13.2 Å². The molecule has 3 heteroatoms. The van der Waals surface area contributed by atoms with Crippen LogP contribution in [0.25, 0.3) is 0 Å². The van der Waals surface area contributed by atoms with Gasteiger partial charge in [0, 0.05) is 19.4 Å². The Bertz CT molecular complexity index is 127. The summed E-state index contributed by atoms with van der Waals surface area (Å²) in [6.07, 6.45) is 2.50. The summed E-state index contributed by atoms with van der Waals surface area (Å²) in [5.41, 5.74) is 0. The molecule has 1 atom stereocenters. The van der Waals surface area contributed by atoms with Gasteiger partial charge in [-0.3, -0.25) is 4.79 Å². The van der Waals surface area contributed by atoms with Crippen LogP contribution in [0.4, 0.5) is 0 Å². The number of ketones is 1. The van der Waals surface area contributed by atoms with Crippen LogP contribution >= 0.6 is 0 Å². The summed E-state index contributed by atoms with van der Waals surface area (Å²) in [6.45, 7) is 2.86. The maximum absolute atomic E-state index is 10.5.